The molecule has 5 heteroatoms. The maximum Gasteiger partial charge on any atom is 0.240 e. The summed E-state index contributed by atoms with van der Waals surface area (Å²) >= 11 is 0. The van der Waals surface area contributed by atoms with Gasteiger partial charge in [0.25, 0.3) is 0 Å². The van der Waals surface area contributed by atoms with Gasteiger partial charge in [0.05, 0.1) is 18.5 Å². The van der Waals surface area contributed by atoms with E-state index in [9.17, 15) is 0 Å². The summed E-state index contributed by atoms with van der Waals surface area (Å²) in [6.45, 7) is 2.38. The van der Waals surface area contributed by atoms with Crippen LogP contribution >= 0.6 is 0 Å². The maximum absolute atomic E-state index is 5.71. The Kier molecular flexibility index (Phi) is 3.40. The number of rotatable bonds is 4. The van der Waals surface area contributed by atoms with E-state index in [-0.39, 0.29) is 0 Å². The Morgan fingerprint density at radius 3 is 2.88 bits per heavy atom. The number of aromatic nitrogens is 2. The molecule has 88 valence electrons. The van der Waals surface area contributed by atoms with Crippen LogP contribution in [0.5, 0.6) is 17.5 Å². The molecule has 5 nitrogen and oxygen atoms in total. The molecule has 0 aliphatic heterocycles. The third kappa shape index (κ3) is 2.84. The van der Waals surface area contributed by atoms with Crippen molar-refractivity contribution in [3.8, 4) is 17.5 Å². The van der Waals surface area contributed by atoms with E-state index in [2.05, 4.69) is 9.97 Å². The van der Waals surface area contributed by atoms with Crippen LogP contribution in [0.1, 0.15) is 6.92 Å². The van der Waals surface area contributed by atoms with E-state index in [1.807, 2.05) is 6.92 Å². The average Bonchev–Trinajstić information content (AvgIpc) is 2.35. The second-order valence-electron chi connectivity index (χ2n) is 3.27. The van der Waals surface area contributed by atoms with Gasteiger partial charge < -0.3 is 15.2 Å². The van der Waals surface area contributed by atoms with Crippen molar-refractivity contribution in [1.29, 1.82) is 0 Å². The van der Waals surface area contributed by atoms with Crippen LogP contribution < -0.4 is 15.2 Å². The summed E-state index contributed by atoms with van der Waals surface area (Å²) in [7, 11) is 0. The van der Waals surface area contributed by atoms with Crippen molar-refractivity contribution in [2.45, 2.75) is 6.92 Å². The minimum Gasteiger partial charge on any atom is -0.476 e. The highest BCUT2D eigenvalue weighted by molar-refractivity contribution is 5.49. The van der Waals surface area contributed by atoms with Crippen LogP contribution in [0.2, 0.25) is 0 Å². The third-order valence-electron chi connectivity index (χ3n) is 2.00. The number of nitrogens with zero attached hydrogens (tertiary/aromatic N) is 2. The van der Waals surface area contributed by atoms with Gasteiger partial charge in [0.15, 0.2) is 0 Å². The predicted molar refractivity (Wildman–Crippen MR) is 64.1 cm³/mol. The van der Waals surface area contributed by atoms with E-state index >= 15 is 0 Å². The largest absolute Gasteiger partial charge is 0.476 e. The molecule has 17 heavy (non-hydrogen) atoms. The Hall–Kier alpha value is -2.30. The molecule has 0 aliphatic rings. The molecule has 0 unspecified atom stereocenters. The second-order valence-corrected chi connectivity index (χ2v) is 3.27. The van der Waals surface area contributed by atoms with E-state index in [4.69, 9.17) is 15.2 Å². The number of ether oxygens (including phenoxy) is 2. The summed E-state index contributed by atoms with van der Waals surface area (Å²) in [6, 6.07) is 6.97. The van der Waals surface area contributed by atoms with Crippen molar-refractivity contribution >= 4 is 5.69 Å². The Balaban J connectivity index is 2.19. The number of nitrogen functional groups attached to an aromatic ring is 1. The van der Waals surface area contributed by atoms with E-state index in [1.54, 1.807) is 36.7 Å². The zero-order valence-corrected chi connectivity index (χ0v) is 9.46. The molecule has 0 saturated heterocycles. The first-order valence-corrected chi connectivity index (χ1v) is 5.27. The van der Waals surface area contributed by atoms with Gasteiger partial charge in [-0.15, -0.1) is 0 Å². The van der Waals surface area contributed by atoms with Crippen LogP contribution in [0, 0.1) is 0 Å². The quantitative estimate of drug-likeness (QED) is 0.873. The Morgan fingerprint density at radius 1 is 1.29 bits per heavy atom. The third-order valence-corrected chi connectivity index (χ3v) is 2.00. The topological polar surface area (TPSA) is 70.3 Å². The summed E-state index contributed by atoms with van der Waals surface area (Å²) in [5, 5.41) is 0. The molecule has 0 radical (unpaired) electrons. The van der Waals surface area contributed by atoms with E-state index in [0.29, 0.717) is 29.8 Å². The fraction of sp³-hybridized carbons (Fsp3) is 0.167. The van der Waals surface area contributed by atoms with Crippen LogP contribution in [0.3, 0.4) is 0 Å². The van der Waals surface area contributed by atoms with Crippen molar-refractivity contribution < 1.29 is 9.47 Å². The lowest BCUT2D eigenvalue weighted by atomic mass is 10.4. The lowest BCUT2D eigenvalue weighted by molar-refractivity contribution is 0.323. The first-order valence-electron chi connectivity index (χ1n) is 5.27. The highest BCUT2D eigenvalue weighted by Crippen LogP contribution is 2.25. The molecule has 0 amide bonds. The molecule has 2 aromatic heterocycles. The zero-order valence-electron chi connectivity index (χ0n) is 9.46. The van der Waals surface area contributed by atoms with Gasteiger partial charge in [0.2, 0.25) is 11.8 Å². The number of anilines is 1. The average molecular weight is 231 g/mol. The predicted octanol–water partition coefficient (Wildman–Crippen LogP) is 2.25. The van der Waals surface area contributed by atoms with Gasteiger partial charge in [0.1, 0.15) is 5.75 Å². The molecule has 0 bridgehead atoms. The van der Waals surface area contributed by atoms with Gasteiger partial charge in [-0.25, -0.2) is 0 Å². The number of nitrogens with two attached hydrogens (primary N) is 1. The van der Waals surface area contributed by atoms with Crippen LogP contribution in [0.4, 0.5) is 5.69 Å². The Labute approximate surface area is 99.2 Å². The summed E-state index contributed by atoms with van der Waals surface area (Å²) in [5.74, 6) is 1.43. The first kappa shape index (κ1) is 11.2. The minimum absolute atomic E-state index is 0.383. The molecular formula is C12H13N3O2. The molecule has 0 aliphatic carbocycles. The lowest BCUT2D eigenvalue weighted by Gasteiger charge is -2.08. The summed E-state index contributed by atoms with van der Waals surface area (Å²) in [5.41, 5.74) is 6.20. The smallest absolute Gasteiger partial charge is 0.240 e. The van der Waals surface area contributed by atoms with E-state index in [1.165, 1.54) is 0 Å². The number of pyridine rings is 2. The molecule has 0 spiro atoms. The van der Waals surface area contributed by atoms with E-state index < -0.39 is 0 Å². The van der Waals surface area contributed by atoms with Crippen LogP contribution in [-0.4, -0.2) is 16.6 Å². The number of hydrogen-bond donors (Lipinski definition) is 1. The minimum atomic E-state index is 0.383. The maximum atomic E-state index is 5.71. The second kappa shape index (κ2) is 5.16. The van der Waals surface area contributed by atoms with Crippen LogP contribution in [0.25, 0.3) is 0 Å². The van der Waals surface area contributed by atoms with Crippen molar-refractivity contribution in [3.63, 3.8) is 0 Å². The van der Waals surface area contributed by atoms with Crippen molar-refractivity contribution in [3.05, 3.63) is 36.7 Å². The molecule has 2 N–H and O–H groups in total. The first-order chi connectivity index (χ1) is 8.29. The standard InChI is InChI=1S/C12H13N3O2/c1-2-16-12-10(13)5-6-11(15-12)17-9-4-3-7-14-8-9/h3-8H,2,13H2,1H3. The summed E-state index contributed by atoms with van der Waals surface area (Å²) in [4.78, 5) is 8.11. The van der Waals surface area contributed by atoms with Gasteiger partial charge in [0, 0.05) is 12.3 Å². The Bertz CT molecular complexity index is 488. The molecule has 0 atom stereocenters. The Morgan fingerprint density at radius 2 is 2.18 bits per heavy atom. The van der Waals surface area contributed by atoms with Gasteiger partial charge in [-0.3, -0.25) is 4.98 Å². The van der Waals surface area contributed by atoms with Crippen molar-refractivity contribution in [2.75, 3.05) is 12.3 Å². The highest BCUT2D eigenvalue weighted by Gasteiger charge is 2.05. The van der Waals surface area contributed by atoms with Gasteiger partial charge >= 0.3 is 0 Å². The van der Waals surface area contributed by atoms with E-state index in [0.717, 1.165) is 0 Å². The SMILES string of the molecule is CCOc1nc(Oc2cccnc2)ccc1N. The molecule has 2 aromatic rings. The molecule has 0 aromatic carbocycles. The lowest BCUT2D eigenvalue weighted by Crippen LogP contribution is -2.00. The normalized spacial score (nSPS) is 9.94. The number of hydrogen-bond acceptors (Lipinski definition) is 5. The van der Waals surface area contributed by atoms with Crippen molar-refractivity contribution in [2.24, 2.45) is 0 Å². The van der Waals surface area contributed by atoms with Crippen molar-refractivity contribution in [1.82, 2.24) is 9.97 Å². The van der Waals surface area contributed by atoms with Gasteiger partial charge in [-0.1, -0.05) is 0 Å². The molecule has 2 rings (SSSR count). The fourth-order valence-electron chi connectivity index (χ4n) is 1.27. The molecule has 0 fully saturated rings. The fourth-order valence-corrected chi connectivity index (χ4v) is 1.27. The zero-order chi connectivity index (χ0) is 12.1. The summed E-state index contributed by atoms with van der Waals surface area (Å²) in [6.07, 6.45) is 3.29. The molecule has 0 saturated carbocycles. The van der Waals surface area contributed by atoms with Gasteiger partial charge in [-0.2, -0.15) is 4.98 Å². The molecule has 2 heterocycles. The highest BCUT2D eigenvalue weighted by atomic mass is 16.5. The monoisotopic (exact) mass is 231 g/mol. The van der Waals surface area contributed by atoms with Crippen LogP contribution in [-0.2, 0) is 0 Å². The van der Waals surface area contributed by atoms with Crippen LogP contribution in [0.15, 0.2) is 36.7 Å². The summed E-state index contributed by atoms with van der Waals surface area (Å²) < 4.78 is 10.8. The van der Waals surface area contributed by atoms with Gasteiger partial charge in [-0.05, 0) is 25.1 Å². The molecular weight excluding hydrogens is 218 g/mol.